The summed E-state index contributed by atoms with van der Waals surface area (Å²) < 4.78 is 11.1. The summed E-state index contributed by atoms with van der Waals surface area (Å²) in [6.45, 7) is 7.91. The van der Waals surface area contributed by atoms with Crippen LogP contribution in [0.25, 0.3) is 11.4 Å². The van der Waals surface area contributed by atoms with Crippen LogP contribution in [0.2, 0.25) is 5.02 Å². The molecule has 5 nitrogen and oxygen atoms in total. The van der Waals surface area contributed by atoms with Crippen molar-refractivity contribution in [2.24, 2.45) is 0 Å². The van der Waals surface area contributed by atoms with Crippen molar-refractivity contribution in [1.29, 1.82) is 0 Å². The highest BCUT2D eigenvalue weighted by Gasteiger charge is 2.23. The van der Waals surface area contributed by atoms with Gasteiger partial charge in [0.05, 0.1) is 5.92 Å². The number of hydrogen-bond acceptors (Lipinski definition) is 5. The van der Waals surface area contributed by atoms with Crippen LogP contribution in [-0.4, -0.2) is 16.1 Å². The highest BCUT2D eigenvalue weighted by Crippen LogP contribution is 2.32. The lowest BCUT2D eigenvalue weighted by molar-refractivity contribution is -0.134. The second-order valence-electron chi connectivity index (χ2n) is 8.49. The van der Waals surface area contributed by atoms with Crippen LogP contribution in [-0.2, 0) is 11.2 Å². The Hall–Kier alpha value is -3.44. The highest BCUT2D eigenvalue weighted by molar-refractivity contribution is 6.30. The van der Waals surface area contributed by atoms with Gasteiger partial charge in [-0.15, -0.1) is 0 Å². The van der Waals surface area contributed by atoms with Gasteiger partial charge >= 0.3 is 5.97 Å². The minimum Gasteiger partial charge on any atom is -0.427 e. The molecule has 0 spiro atoms. The molecule has 0 bridgehead atoms. The molecule has 0 fully saturated rings. The van der Waals surface area contributed by atoms with Gasteiger partial charge in [0.15, 0.2) is 0 Å². The molecule has 0 aliphatic rings. The Labute approximate surface area is 204 Å². The summed E-state index contributed by atoms with van der Waals surface area (Å²) in [6.07, 6.45) is 1.02. The fraction of sp³-hybridized carbons (Fsp3) is 0.250. The topological polar surface area (TPSA) is 65.2 Å². The predicted octanol–water partition coefficient (Wildman–Crippen LogP) is 7.01. The molecular formula is C28H27ClN2O3. The molecule has 1 unspecified atom stereocenters. The predicted molar refractivity (Wildman–Crippen MR) is 133 cm³/mol. The van der Waals surface area contributed by atoms with Gasteiger partial charge in [-0.25, -0.2) is 0 Å². The molecule has 1 atom stereocenters. The number of aromatic nitrogens is 2. The molecular weight excluding hydrogens is 448 g/mol. The lowest BCUT2D eigenvalue weighted by Gasteiger charge is -2.15. The van der Waals surface area contributed by atoms with Gasteiger partial charge in [-0.2, -0.15) is 4.98 Å². The van der Waals surface area contributed by atoms with Crippen molar-refractivity contribution in [2.75, 3.05) is 0 Å². The molecule has 0 saturated carbocycles. The Morgan fingerprint density at radius 1 is 1.00 bits per heavy atom. The molecule has 6 heteroatoms. The minimum absolute atomic E-state index is 0.146. The zero-order valence-corrected chi connectivity index (χ0v) is 20.5. The van der Waals surface area contributed by atoms with Gasteiger partial charge in [-0.05, 0) is 85.3 Å². The average Bonchev–Trinajstić information content (AvgIpc) is 3.29. The number of ether oxygens (including phenoxy) is 1. The fourth-order valence-electron chi connectivity index (χ4n) is 3.88. The zero-order valence-electron chi connectivity index (χ0n) is 19.8. The van der Waals surface area contributed by atoms with Crippen molar-refractivity contribution in [2.45, 2.75) is 46.5 Å². The zero-order chi connectivity index (χ0) is 24.2. The van der Waals surface area contributed by atoms with Crippen molar-refractivity contribution in [1.82, 2.24) is 10.1 Å². The summed E-state index contributed by atoms with van der Waals surface area (Å²) in [5.41, 5.74) is 6.41. The lowest BCUT2D eigenvalue weighted by Crippen LogP contribution is -2.06. The quantitative estimate of drug-likeness (QED) is 0.213. The number of carbonyl (C=O) groups is 1. The molecule has 4 rings (SSSR count). The van der Waals surface area contributed by atoms with E-state index in [0.717, 1.165) is 16.7 Å². The van der Waals surface area contributed by atoms with Gasteiger partial charge in [0.1, 0.15) is 5.75 Å². The van der Waals surface area contributed by atoms with Crippen LogP contribution in [0.3, 0.4) is 0 Å². The van der Waals surface area contributed by atoms with Crippen LogP contribution in [0.5, 0.6) is 5.75 Å². The summed E-state index contributed by atoms with van der Waals surface area (Å²) in [7, 11) is 0. The van der Waals surface area contributed by atoms with E-state index in [1.807, 2.05) is 43.3 Å². The van der Waals surface area contributed by atoms with Gasteiger partial charge in [0, 0.05) is 17.0 Å². The van der Waals surface area contributed by atoms with Crippen molar-refractivity contribution < 1.29 is 14.1 Å². The van der Waals surface area contributed by atoms with Gasteiger partial charge < -0.3 is 9.26 Å². The number of aryl methyl sites for hydroxylation is 3. The van der Waals surface area contributed by atoms with E-state index in [1.165, 1.54) is 16.7 Å². The first-order valence-electron chi connectivity index (χ1n) is 11.3. The summed E-state index contributed by atoms with van der Waals surface area (Å²) in [4.78, 5) is 16.4. The maximum atomic E-state index is 11.6. The second kappa shape index (κ2) is 10.2. The summed E-state index contributed by atoms with van der Waals surface area (Å²) >= 11 is 6.31. The third-order valence-electron chi connectivity index (χ3n) is 5.96. The molecule has 0 saturated heterocycles. The number of nitrogens with zero attached hydrogens (tertiary/aromatic N) is 2. The minimum atomic E-state index is -0.273. The number of halogens is 1. The molecule has 1 aromatic heterocycles. The molecule has 3 aromatic carbocycles. The fourth-order valence-corrected chi connectivity index (χ4v) is 4.08. The third-order valence-corrected chi connectivity index (χ3v) is 6.20. The van der Waals surface area contributed by atoms with E-state index >= 15 is 0 Å². The molecule has 0 aliphatic carbocycles. The molecule has 0 radical (unpaired) electrons. The smallest absolute Gasteiger partial charge is 0.310 e. The van der Waals surface area contributed by atoms with E-state index < -0.39 is 0 Å². The normalized spacial score (nSPS) is 11.9. The molecule has 174 valence electrons. The third kappa shape index (κ3) is 5.37. The molecule has 1 heterocycles. The first-order chi connectivity index (χ1) is 16.3. The number of esters is 1. The van der Waals surface area contributed by atoms with E-state index in [1.54, 1.807) is 13.0 Å². The van der Waals surface area contributed by atoms with Crippen molar-refractivity contribution in [3.05, 3.63) is 99.4 Å². The monoisotopic (exact) mass is 474 g/mol. The maximum Gasteiger partial charge on any atom is 0.310 e. The number of carbonyl (C=O) groups excluding carboxylic acids is 1. The van der Waals surface area contributed by atoms with E-state index in [4.69, 9.17) is 25.8 Å². The van der Waals surface area contributed by atoms with E-state index in [0.29, 0.717) is 35.3 Å². The number of hydrogen-bond donors (Lipinski definition) is 0. The van der Waals surface area contributed by atoms with Crippen LogP contribution in [0.1, 0.15) is 53.0 Å². The summed E-state index contributed by atoms with van der Waals surface area (Å²) in [6, 6.07) is 19.6. The lowest BCUT2D eigenvalue weighted by atomic mass is 9.90. The largest absolute Gasteiger partial charge is 0.427 e. The Morgan fingerprint density at radius 3 is 2.53 bits per heavy atom. The van der Waals surface area contributed by atoms with Gasteiger partial charge in [-0.3, -0.25) is 4.79 Å². The molecule has 0 amide bonds. The second-order valence-corrected chi connectivity index (χ2v) is 8.93. The van der Waals surface area contributed by atoms with Gasteiger partial charge in [0.2, 0.25) is 11.7 Å². The first-order valence-corrected chi connectivity index (χ1v) is 11.7. The Bertz CT molecular complexity index is 1330. The molecule has 0 N–H and O–H groups in total. The molecule has 34 heavy (non-hydrogen) atoms. The average molecular weight is 475 g/mol. The molecule has 4 aromatic rings. The van der Waals surface area contributed by atoms with Crippen molar-refractivity contribution in [3.63, 3.8) is 0 Å². The standard InChI is InChI=1S/C28H27ClN2O3/c1-5-26(32)33-23-11-12-24(19(4)14-23)27-30-28(34-31-27)25(21-7-6-8-22(29)16-21)15-20-10-9-17(2)18(3)13-20/h6-14,16,25H,5,15H2,1-4H3. The van der Waals surface area contributed by atoms with Crippen LogP contribution < -0.4 is 4.74 Å². The maximum absolute atomic E-state index is 11.6. The summed E-state index contributed by atoms with van der Waals surface area (Å²) in [5, 5.41) is 4.93. The van der Waals surface area contributed by atoms with Crippen LogP contribution in [0.15, 0.2) is 65.2 Å². The highest BCUT2D eigenvalue weighted by atomic mass is 35.5. The van der Waals surface area contributed by atoms with Crippen molar-refractivity contribution in [3.8, 4) is 17.1 Å². The van der Waals surface area contributed by atoms with Gasteiger partial charge in [0.25, 0.3) is 0 Å². The number of rotatable bonds is 7. The van der Waals surface area contributed by atoms with Crippen LogP contribution >= 0.6 is 11.6 Å². The van der Waals surface area contributed by atoms with Gasteiger partial charge in [-0.1, -0.05) is 54.0 Å². The summed E-state index contributed by atoms with van der Waals surface area (Å²) in [5.74, 6) is 1.10. The van der Waals surface area contributed by atoms with Crippen LogP contribution in [0, 0.1) is 20.8 Å². The van der Waals surface area contributed by atoms with E-state index in [-0.39, 0.29) is 11.9 Å². The van der Waals surface area contributed by atoms with E-state index in [9.17, 15) is 4.79 Å². The van der Waals surface area contributed by atoms with Crippen molar-refractivity contribution >= 4 is 17.6 Å². The Kier molecular flexibility index (Phi) is 7.13. The van der Waals surface area contributed by atoms with Crippen LogP contribution in [0.4, 0.5) is 0 Å². The first kappa shape index (κ1) is 23.7. The Balaban J connectivity index is 1.68. The SMILES string of the molecule is CCC(=O)Oc1ccc(-c2noc(C(Cc3ccc(C)c(C)c3)c3cccc(Cl)c3)n2)c(C)c1. The molecule has 0 aliphatic heterocycles. The van der Waals surface area contributed by atoms with E-state index in [2.05, 4.69) is 37.2 Å². The number of benzene rings is 3. The Morgan fingerprint density at radius 2 is 1.82 bits per heavy atom.